The molecule has 0 spiro atoms. The largest absolute Gasteiger partial charge is 0.348 e. The first kappa shape index (κ1) is 27.1. The highest BCUT2D eigenvalue weighted by atomic mass is 35.5. The van der Waals surface area contributed by atoms with E-state index in [0.29, 0.717) is 22.1 Å². The third-order valence-electron chi connectivity index (χ3n) is 7.55. The summed E-state index contributed by atoms with van der Waals surface area (Å²) < 4.78 is 0.996. The van der Waals surface area contributed by atoms with Crippen molar-refractivity contribution in [2.24, 2.45) is 0 Å². The van der Waals surface area contributed by atoms with Crippen molar-refractivity contribution >= 4 is 44.8 Å². The molecule has 0 radical (unpaired) electrons. The summed E-state index contributed by atoms with van der Waals surface area (Å²) in [5.41, 5.74) is 3.50. The van der Waals surface area contributed by atoms with Crippen LogP contribution in [0.2, 0.25) is 5.02 Å². The topological polar surface area (TPSA) is 88.1 Å². The Morgan fingerprint density at radius 3 is 2.46 bits per heavy atom. The van der Waals surface area contributed by atoms with E-state index in [2.05, 4.69) is 38.5 Å². The van der Waals surface area contributed by atoms with E-state index in [1.807, 2.05) is 47.4 Å². The number of fused-ring (bicyclic) bond motifs is 1. The van der Waals surface area contributed by atoms with Gasteiger partial charge < -0.3 is 10.2 Å². The van der Waals surface area contributed by atoms with Gasteiger partial charge in [-0.25, -0.2) is 4.98 Å². The second kappa shape index (κ2) is 12.2. The average Bonchev–Trinajstić information content (AvgIpc) is 3.37. The number of carbonyl (C=O) groups is 2. The van der Waals surface area contributed by atoms with Gasteiger partial charge in [-0.3, -0.25) is 19.6 Å². The Kier molecular flexibility index (Phi) is 8.02. The van der Waals surface area contributed by atoms with Crippen LogP contribution >= 0.6 is 22.9 Å². The molecule has 5 aromatic rings. The Hall–Kier alpha value is -4.14. The Labute approximate surface area is 247 Å². The fourth-order valence-electron chi connectivity index (χ4n) is 5.45. The van der Waals surface area contributed by atoms with Gasteiger partial charge in [-0.2, -0.15) is 0 Å². The maximum atomic E-state index is 14.2. The fourth-order valence-corrected chi connectivity index (χ4v) is 6.91. The van der Waals surface area contributed by atoms with Crippen LogP contribution in [0, 0.1) is 0 Å². The van der Waals surface area contributed by atoms with Crippen LogP contribution in [0.15, 0.2) is 91.6 Å². The number of rotatable bonds is 7. The predicted molar refractivity (Wildman–Crippen MR) is 162 cm³/mol. The van der Waals surface area contributed by atoms with Gasteiger partial charge in [-0.15, -0.1) is 11.3 Å². The number of benzene rings is 2. The van der Waals surface area contributed by atoms with Crippen molar-refractivity contribution in [3.05, 3.63) is 113 Å². The number of hydrogen-bond acceptors (Lipinski definition) is 6. The van der Waals surface area contributed by atoms with Gasteiger partial charge in [-0.05, 0) is 66.6 Å². The lowest BCUT2D eigenvalue weighted by Gasteiger charge is -2.37. The molecule has 3 heterocycles. The summed E-state index contributed by atoms with van der Waals surface area (Å²) in [6, 6.07) is 20.1. The molecule has 0 unspecified atom stereocenters. The molecular formula is C32H28ClN5O2S. The van der Waals surface area contributed by atoms with Crippen LogP contribution in [-0.4, -0.2) is 43.7 Å². The van der Waals surface area contributed by atoms with Crippen LogP contribution in [0.25, 0.3) is 21.2 Å². The van der Waals surface area contributed by atoms with E-state index >= 15 is 0 Å². The summed E-state index contributed by atoms with van der Waals surface area (Å²) in [6.45, 7) is 0.462. The maximum Gasteiger partial charge on any atom is 0.271 e. The first-order chi connectivity index (χ1) is 20.1. The van der Waals surface area contributed by atoms with Gasteiger partial charge in [0.15, 0.2) is 0 Å². The molecule has 3 aromatic heterocycles. The van der Waals surface area contributed by atoms with Crippen LogP contribution in [0.5, 0.6) is 0 Å². The van der Waals surface area contributed by atoms with Crippen molar-refractivity contribution in [3.8, 4) is 11.1 Å². The minimum Gasteiger partial charge on any atom is -0.348 e. The molecule has 1 aliphatic carbocycles. The predicted octanol–water partition coefficient (Wildman–Crippen LogP) is 6.79. The lowest BCUT2D eigenvalue weighted by molar-refractivity contribution is 0.0597. The first-order valence-electron chi connectivity index (χ1n) is 13.6. The highest BCUT2D eigenvalue weighted by Crippen LogP contribution is 2.37. The molecule has 0 aliphatic heterocycles. The molecule has 0 atom stereocenters. The third kappa shape index (κ3) is 5.99. The van der Waals surface area contributed by atoms with Gasteiger partial charge in [0.25, 0.3) is 11.8 Å². The summed E-state index contributed by atoms with van der Waals surface area (Å²) in [7, 11) is 0. The number of hydrogen-bond donors (Lipinski definition) is 1. The smallest absolute Gasteiger partial charge is 0.271 e. The van der Waals surface area contributed by atoms with E-state index in [0.717, 1.165) is 52.5 Å². The molecule has 1 fully saturated rings. The zero-order valence-corrected chi connectivity index (χ0v) is 23.8. The van der Waals surface area contributed by atoms with Crippen molar-refractivity contribution < 1.29 is 9.59 Å². The number of nitrogens with zero attached hydrogens (tertiary/aromatic N) is 4. The van der Waals surface area contributed by atoms with Gasteiger partial charge in [0, 0.05) is 53.5 Å². The van der Waals surface area contributed by atoms with E-state index in [1.54, 1.807) is 18.6 Å². The van der Waals surface area contributed by atoms with E-state index in [4.69, 9.17) is 11.6 Å². The minimum atomic E-state index is -0.223. The van der Waals surface area contributed by atoms with Crippen molar-refractivity contribution in [3.63, 3.8) is 0 Å². The second-order valence-corrected chi connectivity index (χ2v) is 11.6. The molecule has 1 aliphatic rings. The molecule has 9 heteroatoms. The molecular weight excluding hydrogens is 554 g/mol. The van der Waals surface area contributed by atoms with Crippen molar-refractivity contribution in [2.75, 3.05) is 0 Å². The summed E-state index contributed by atoms with van der Waals surface area (Å²) in [4.78, 5) is 41.6. The van der Waals surface area contributed by atoms with Crippen LogP contribution in [-0.2, 0) is 6.54 Å². The standard InChI is InChI=1S/C32H28ClN5O2S/c33-29-26-6-1-2-7-28(26)41-30(29)32(40)38(20-21-4-3-5-23(18-21)22-12-14-34-15-13-22)25-10-8-24(9-11-25)37-31(39)27-19-35-16-17-36-27/h1-7,12-19,24-25H,8-11,20H2,(H,37,39). The SMILES string of the molecule is O=C(NC1CCC(N(Cc2cccc(-c3ccncc3)c2)C(=O)c2sc3ccccc3c2Cl)CC1)c1cnccn1. The number of nitrogens with one attached hydrogen (secondary N) is 1. The molecule has 2 aromatic carbocycles. The molecule has 1 saturated carbocycles. The Bertz CT molecular complexity index is 1670. The van der Waals surface area contributed by atoms with Gasteiger partial charge in [0.1, 0.15) is 10.6 Å². The van der Waals surface area contributed by atoms with Crippen LogP contribution in [0.1, 0.15) is 51.4 Å². The zero-order valence-electron chi connectivity index (χ0n) is 22.2. The summed E-state index contributed by atoms with van der Waals surface area (Å²) in [5.74, 6) is -0.281. The quantitative estimate of drug-likeness (QED) is 0.229. The number of amides is 2. The molecule has 0 saturated heterocycles. The number of pyridine rings is 1. The second-order valence-electron chi connectivity index (χ2n) is 10.2. The van der Waals surface area contributed by atoms with E-state index < -0.39 is 0 Å². The Morgan fingerprint density at radius 2 is 1.71 bits per heavy atom. The van der Waals surface area contributed by atoms with Crippen LogP contribution in [0.3, 0.4) is 0 Å². The number of carbonyl (C=O) groups excluding carboxylic acids is 2. The molecule has 206 valence electrons. The average molecular weight is 582 g/mol. The van der Waals surface area contributed by atoms with Gasteiger partial charge in [0.2, 0.25) is 0 Å². The van der Waals surface area contributed by atoms with E-state index in [9.17, 15) is 9.59 Å². The van der Waals surface area contributed by atoms with Crippen molar-refractivity contribution in [2.45, 2.75) is 44.3 Å². The number of aromatic nitrogens is 3. The third-order valence-corrected chi connectivity index (χ3v) is 9.22. The number of thiophene rings is 1. The minimum absolute atomic E-state index is 0.0121. The molecule has 2 amide bonds. The lowest BCUT2D eigenvalue weighted by Crippen LogP contribution is -2.46. The highest BCUT2D eigenvalue weighted by molar-refractivity contribution is 7.21. The molecule has 7 nitrogen and oxygen atoms in total. The fraction of sp³-hybridized carbons (Fsp3) is 0.219. The van der Waals surface area contributed by atoms with Crippen molar-refractivity contribution in [1.82, 2.24) is 25.2 Å². The first-order valence-corrected chi connectivity index (χ1v) is 14.8. The monoisotopic (exact) mass is 581 g/mol. The van der Waals surface area contributed by atoms with E-state index in [-0.39, 0.29) is 23.9 Å². The maximum absolute atomic E-state index is 14.2. The van der Waals surface area contributed by atoms with Gasteiger partial charge in [0.05, 0.1) is 11.2 Å². The molecule has 41 heavy (non-hydrogen) atoms. The Balaban J connectivity index is 1.24. The summed E-state index contributed by atoms with van der Waals surface area (Å²) >= 11 is 8.22. The van der Waals surface area contributed by atoms with Gasteiger partial charge in [-0.1, -0.05) is 48.0 Å². The Morgan fingerprint density at radius 1 is 0.902 bits per heavy atom. The summed E-state index contributed by atoms with van der Waals surface area (Å²) in [6.07, 6.45) is 11.1. The lowest BCUT2D eigenvalue weighted by atomic mass is 9.89. The van der Waals surface area contributed by atoms with Gasteiger partial charge >= 0.3 is 0 Å². The number of halogens is 1. The molecule has 6 rings (SSSR count). The van der Waals surface area contributed by atoms with Crippen molar-refractivity contribution in [1.29, 1.82) is 0 Å². The molecule has 1 N–H and O–H groups in total. The van der Waals surface area contributed by atoms with Crippen LogP contribution in [0.4, 0.5) is 0 Å². The normalized spacial score (nSPS) is 16.8. The molecule has 0 bridgehead atoms. The van der Waals surface area contributed by atoms with Crippen LogP contribution < -0.4 is 5.32 Å². The van der Waals surface area contributed by atoms with E-state index in [1.165, 1.54) is 23.7 Å². The summed E-state index contributed by atoms with van der Waals surface area (Å²) in [5, 5.41) is 4.50. The highest BCUT2D eigenvalue weighted by Gasteiger charge is 2.32. The zero-order chi connectivity index (χ0) is 28.2.